The standard InChI is InChI=1S/C18H29FN4O2.HI/c1-7-21-16(24)18(2,3)12-22-17(20-4)23(5)11-13-8-9-15(25-6)14(19)10-13;/h8-10H,7,11-12H2,1-6H3,(H,20,22)(H,21,24);1H. The summed E-state index contributed by atoms with van der Waals surface area (Å²) in [7, 11) is 4.97. The van der Waals surface area contributed by atoms with Crippen LogP contribution >= 0.6 is 24.0 Å². The van der Waals surface area contributed by atoms with Crippen LogP contribution in [0.1, 0.15) is 26.3 Å². The van der Waals surface area contributed by atoms with Crippen LogP contribution in [0.4, 0.5) is 4.39 Å². The molecule has 0 heterocycles. The van der Waals surface area contributed by atoms with Gasteiger partial charge in [-0.25, -0.2) is 4.39 Å². The molecule has 1 amide bonds. The largest absolute Gasteiger partial charge is 0.494 e. The van der Waals surface area contributed by atoms with Crippen molar-refractivity contribution >= 4 is 35.8 Å². The van der Waals surface area contributed by atoms with E-state index >= 15 is 0 Å². The molecule has 2 N–H and O–H groups in total. The Morgan fingerprint density at radius 2 is 2.00 bits per heavy atom. The number of nitrogens with one attached hydrogen (secondary N) is 2. The summed E-state index contributed by atoms with van der Waals surface area (Å²) in [5, 5.41) is 6.03. The average molecular weight is 480 g/mol. The molecule has 0 atom stereocenters. The molecule has 0 aromatic heterocycles. The van der Waals surface area contributed by atoms with Crippen molar-refractivity contribution in [3.63, 3.8) is 0 Å². The summed E-state index contributed by atoms with van der Waals surface area (Å²) < 4.78 is 18.7. The number of aliphatic imine (C=N–C) groups is 1. The SMILES string of the molecule is CCNC(=O)C(C)(C)CNC(=NC)N(C)Cc1ccc(OC)c(F)c1.I. The van der Waals surface area contributed by atoms with Gasteiger partial charge in [-0.1, -0.05) is 6.07 Å². The molecule has 0 aliphatic carbocycles. The molecule has 1 aromatic carbocycles. The highest BCUT2D eigenvalue weighted by Crippen LogP contribution is 2.18. The lowest BCUT2D eigenvalue weighted by Gasteiger charge is -2.28. The van der Waals surface area contributed by atoms with E-state index in [2.05, 4.69) is 15.6 Å². The number of hydrogen-bond acceptors (Lipinski definition) is 3. The number of rotatable bonds is 7. The maximum absolute atomic E-state index is 13.8. The van der Waals surface area contributed by atoms with Crippen molar-refractivity contribution in [2.24, 2.45) is 10.4 Å². The van der Waals surface area contributed by atoms with E-state index in [0.717, 1.165) is 5.56 Å². The monoisotopic (exact) mass is 480 g/mol. The van der Waals surface area contributed by atoms with Gasteiger partial charge < -0.3 is 20.3 Å². The predicted octanol–water partition coefficient (Wildman–Crippen LogP) is 2.62. The van der Waals surface area contributed by atoms with E-state index in [0.29, 0.717) is 25.6 Å². The van der Waals surface area contributed by atoms with Gasteiger partial charge in [0.05, 0.1) is 12.5 Å². The Labute approximate surface area is 172 Å². The van der Waals surface area contributed by atoms with Crippen LogP contribution in [0.5, 0.6) is 5.75 Å². The van der Waals surface area contributed by atoms with Gasteiger partial charge >= 0.3 is 0 Å². The van der Waals surface area contributed by atoms with Gasteiger partial charge in [-0.15, -0.1) is 24.0 Å². The average Bonchev–Trinajstić information content (AvgIpc) is 2.55. The van der Waals surface area contributed by atoms with Crippen molar-refractivity contribution in [1.29, 1.82) is 0 Å². The van der Waals surface area contributed by atoms with E-state index in [1.807, 2.05) is 38.8 Å². The fourth-order valence-electron chi connectivity index (χ4n) is 2.32. The minimum atomic E-state index is -0.570. The fourth-order valence-corrected chi connectivity index (χ4v) is 2.32. The molecule has 0 bridgehead atoms. The third-order valence-corrected chi connectivity index (χ3v) is 3.85. The molecule has 0 spiro atoms. The Morgan fingerprint density at radius 1 is 1.35 bits per heavy atom. The molecule has 0 aliphatic rings. The summed E-state index contributed by atoms with van der Waals surface area (Å²) >= 11 is 0. The van der Waals surface area contributed by atoms with Gasteiger partial charge in [-0.2, -0.15) is 0 Å². The number of ether oxygens (including phenoxy) is 1. The van der Waals surface area contributed by atoms with Crippen LogP contribution in [-0.4, -0.2) is 51.1 Å². The van der Waals surface area contributed by atoms with Crippen molar-refractivity contribution in [3.8, 4) is 5.75 Å². The number of carbonyl (C=O) groups excluding carboxylic acids is 1. The molecular weight excluding hydrogens is 450 g/mol. The minimum absolute atomic E-state index is 0. The lowest BCUT2D eigenvalue weighted by Crippen LogP contribution is -2.48. The number of halogens is 2. The van der Waals surface area contributed by atoms with Crippen LogP contribution in [0.2, 0.25) is 0 Å². The molecule has 26 heavy (non-hydrogen) atoms. The van der Waals surface area contributed by atoms with Crippen LogP contribution < -0.4 is 15.4 Å². The van der Waals surface area contributed by atoms with Crippen molar-refractivity contribution in [2.45, 2.75) is 27.3 Å². The van der Waals surface area contributed by atoms with E-state index in [1.165, 1.54) is 13.2 Å². The van der Waals surface area contributed by atoms with Gasteiger partial charge in [-0.05, 0) is 38.5 Å². The van der Waals surface area contributed by atoms with Gasteiger partial charge in [0, 0.05) is 33.7 Å². The molecule has 0 unspecified atom stereocenters. The van der Waals surface area contributed by atoms with Crippen LogP contribution in [-0.2, 0) is 11.3 Å². The highest BCUT2D eigenvalue weighted by atomic mass is 127. The first-order valence-corrected chi connectivity index (χ1v) is 8.27. The molecule has 148 valence electrons. The number of methoxy groups -OCH3 is 1. The van der Waals surface area contributed by atoms with Crippen molar-refractivity contribution < 1.29 is 13.9 Å². The minimum Gasteiger partial charge on any atom is -0.494 e. The van der Waals surface area contributed by atoms with Gasteiger partial charge in [0.1, 0.15) is 0 Å². The van der Waals surface area contributed by atoms with E-state index in [-0.39, 0.29) is 35.6 Å². The number of benzene rings is 1. The zero-order valence-electron chi connectivity index (χ0n) is 16.4. The number of nitrogens with zero attached hydrogens (tertiary/aromatic N) is 2. The third-order valence-electron chi connectivity index (χ3n) is 3.85. The highest BCUT2D eigenvalue weighted by Gasteiger charge is 2.27. The first-order chi connectivity index (χ1) is 11.7. The van der Waals surface area contributed by atoms with Crippen LogP contribution in [0.25, 0.3) is 0 Å². The van der Waals surface area contributed by atoms with Crippen LogP contribution in [0.3, 0.4) is 0 Å². The molecule has 8 heteroatoms. The maximum Gasteiger partial charge on any atom is 0.227 e. The Balaban J connectivity index is 0.00000625. The zero-order valence-corrected chi connectivity index (χ0v) is 18.7. The summed E-state index contributed by atoms with van der Waals surface area (Å²) in [6.45, 7) is 7.14. The lowest BCUT2D eigenvalue weighted by molar-refractivity contribution is -0.128. The summed E-state index contributed by atoms with van der Waals surface area (Å²) in [5.41, 5.74) is 0.227. The van der Waals surface area contributed by atoms with Gasteiger partial charge in [-0.3, -0.25) is 9.79 Å². The molecule has 0 saturated heterocycles. The summed E-state index contributed by atoms with van der Waals surface area (Å²) in [6, 6.07) is 4.86. The Morgan fingerprint density at radius 3 is 2.50 bits per heavy atom. The molecule has 0 radical (unpaired) electrons. The van der Waals surface area contributed by atoms with E-state index in [4.69, 9.17) is 4.74 Å². The van der Waals surface area contributed by atoms with E-state index in [9.17, 15) is 9.18 Å². The maximum atomic E-state index is 13.8. The number of guanidine groups is 1. The summed E-state index contributed by atoms with van der Waals surface area (Å²) in [6.07, 6.45) is 0. The van der Waals surface area contributed by atoms with Crippen molar-refractivity contribution in [1.82, 2.24) is 15.5 Å². The second-order valence-corrected chi connectivity index (χ2v) is 6.47. The van der Waals surface area contributed by atoms with Gasteiger partial charge in [0.2, 0.25) is 5.91 Å². The van der Waals surface area contributed by atoms with Crippen LogP contribution in [0.15, 0.2) is 23.2 Å². The smallest absolute Gasteiger partial charge is 0.227 e. The normalized spacial score (nSPS) is 11.4. The second-order valence-electron chi connectivity index (χ2n) is 6.47. The van der Waals surface area contributed by atoms with E-state index < -0.39 is 11.2 Å². The Kier molecular flexibility index (Phi) is 10.5. The summed E-state index contributed by atoms with van der Waals surface area (Å²) in [4.78, 5) is 18.2. The number of hydrogen-bond donors (Lipinski definition) is 2. The van der Waals surface area contributed by atoms with E-state index in [1.54, 1.807) is 13.1 Å². The quantitative estimate of drug-likeness (QED) is 0.358. The molecular formula is C18H30FIN4O2. The van der Waals surface area contributed by atoms with Crippen molar-refractivity contribution in [2.75, 3.05) is 34.3 Å². The third kappa shape index (κ3) is 6.97. The highest BCUT2D eigenvalue weighted by molar-refractivity contribution is 14.0. The molecule has 6 nitrogen and oxygen atoms in total. The Bertz CT molecular complexity index is 623. The lowest BCUT2D eigenvalue weighted by atomic mass is 9.92. The van der Waals surface area contributed by atoms with Gasteiger partial charge in [0.25, 0.3) is 0 Å². The first kappa shape index (κ1) is 24.4. The topological polar surface area (TPSA) is 66.0 Å². The van der Waals surface area contributed by atoms with Gasteiger partial charge in [0.15, 0.2) is 17.5 Å². The second kappa shape index (κ2) is 11.2. The predicted molar refractivity (Wildman–Crippen MR) is 114 cm³/mol. The summed E-state index contributed by atoms with van der Waals surface area (Å²) in [5.74, 6) is 0.442. The van der Waals surface area contributed by atoms with Crippen LogP contribution in [0, 0.1) is 11.2 Å². The first-order valence-electron chi connectivity index (χ1n) is 8.27. The molecule has 0 saturated carbocycles. The molecule has 1 aromatic rings. The van der Waals surface area contributed by atoms with Crippen molar-refractivity contribution in [3.05, 3.63) is 29.6 Å². The molecule has 0 aliphatic heterocycles. The number of carbonyl (C=O) groups is 1. The Hall–Kier alpha value is -1.58. The molecule has 0 fully saturated rings. The fraction of sp³-hybridized carbons (Fsp3) is 0.556. The number of amides is 1. The molecule has 1 rings (SSSR count). The zero-order chi connectivity index (χ0) is 19.0.